The van der Waals surface area contributed by atoms with Gasteiger partial charge in [0.1, 0.15) is 0 Å². The molecule has 0 radical (unpaired) electrons. The molecule has 0 aliphatic heterocycles. The Morgan fingerprint density at radius 2 is 1.76 bits per heavy atom. The van der Waals surface area contributed by atoms with E-state index in [-0.39, 0.29) is 0 Å². The Balaban J connectivity index is 2.12. The van der Waals surface area contributed by atoms with Crippen LogP contribution < -0.4 is 0 Å². The van der Waals surface area contributed by atoms with Gasteiger partial charge in [0, 0.05) is 6.61 Å². The molecule has 1 nitrogen and oxygen atoms in total. The molecule has 1 aromatic rings. The smallest absolute Gasteiger partial charge is 0.0465 e. The van der Waals surface area contributed by atoms with Crippen LogP contribution >= 0.6 is 0 Å². The minimum absolute atomic E-state index is 0.346. The Morgan fingerprint density at radius 1 is 1.18 bits per heavy atom. The van der Waals surface area contributed by atoms with Gasteiger partial charge in [0.2, 0.25) is 0 Å². The largest absolute Gasteiger partial charge is 0.396 e. The first-order valence-corrected chi connectivity index (χ1v) is 6.88. The summed E-state index contributed by atoms with van der Waals surface area (Å²) in [6.07, 6.45) is 6.40. The number of hydrogen-bond acceptors (Lipinski definition) is 1. The van der Waals surface area contributed by atoms with Crippen LogP contribution in [0.5, 0.6) is 0 Å². The van der Waals surface area contributed by atoms with E-state index in [1.54, 1.807) is 0 Å². The van der Waals surface area contributed by atoms with E-state index in [0.717, 1.165) is 12.3 Å². The Hall–Kier alpha value is -0.820. The van der Waals surface area contributed by atoms with Crippen molar-refractivity contribution in [1.29, 1.82) is 0 Å². The van der Waals surface area contributed by atoms with Crippen molar-refractivity contribution in [2.45, 2.75) is 46.0 Å². The molecule has 94 valence electrons. The van der Waals surface area contributed by atoms with E-state index >= 15 is 0 Å². The molecule has 1 atom stereocenters. The van der Waals surface area contributed by atoms with E-state index in [1.807, 2.05) is 0 Å². The molecule has 0 amide bonds. The lowest BCUT2D eigenvalue weighted by Gasteiger charge is -2.23. The number of aliphatic hydroxyl groups is 1. The van der Waals surface area contributed by atoms with Crippen molar-refractivity contribution in [3.63, 3.8) is 0 Å². The molecule has 1 heteroatoms. The summed E-state index contributed by atoms with van der Waals surface area (Å²) >= 11 is 0. The molecule has 1 N–H and O–H groups in total. The van der Waals surface area contributed by atoms with Crippen LogP contribution in [0.3, 0.4) is 0 Å². The minimum atomic E-state index is 0.346. The van der Waals surface area contributed by atoms with Crippen molar-refractivity contribution in [2.75, 3.05) is 6.61 Å². The van der Waals surface area contributed by atoms with Crippen molar-refractivity contribution >= 4 is 0 Å². The van der Waals surface area contributed by atoms with Gasteiger partial charge in [0.25, 0.3) is 0 Å². The van der Waals surface area contributed by atoms with Crippen LogP contribution in [0.1, 0.15) is 42.4 Å². The van der Waals surface area contributed by atoms with Gasteiger partial charge in [-0.25, -0.2) is 0 Å². The van der Waals surface area contributed by atoms with Crippen molar-refractivity contribution in [3.8, 4) is 0 Å². The maximum absolute atomic E-state index is 9.63. The highest BCUT2D eigenvalue weighted by atomic mass is 16.3. The molecule has 0 bridgehead atoms. The normalized spacial score (nSPS) is 18.5. The second kappa shape index (κ2) is 5.68. The molecule has 1 aliphatic carbocycles. The first-order valence-electron chi connectivity index (χ1n) is 6.88. The molecular formula is C16H24O. The van der Waals surface area contributed by atoms with Crippen molar-refractivity contribution in [2.24, 2.45) is 11.8 Å². The highest BCUT2D eigenvalue weighted by molar-refractivity contribution is 5.33. The van der Waals surface area contributed by atoms with Crippen LogP contribution in [0.25, 0.3) is 0 Å². The number of rotatable bonds is 4. The second-order valence-electron chi connectivity index (χ2n) is 5.56. The lowest BCUT2D eigenvalue weighted by molar-refractivity contribution is 0.175. The van der Waals surface area contributed by atoms with E-state index in [0.29, 0.717) is 12.5 Å². The van der Waals surface area contributed by atoms with Crippen molar-refractivity contribution in [1.82, 2.24) is 0 Å². The fraction of sp³-hybridized carbons (Fsp3) is 0.625. The van der Waals surface area contributed by atoms with Crippen molar-refractivity contribution < 1.29 is 5.11 Å². The zero-order valence-corrected chi connectivity index (χ0v) is 11.1. The maximum atomic E-state index is 9.63. The Labute approximate surface area is 105 Å². The van der Waals surface area contributed by atoms with Crippen LogP contribution in [-0.2, 0) is 6.42 Å². The van der Waals surface area contributed by atoms with E-state index in [2.05, 4.69) is 32.0 Å². The Bertz CT molecular complexity index is 344. The predicted molar refractivity (Wildman–Crippen MR) is 72.2 cm³/mol. The lowest BCUT2D eigenvalue weighted by Crippen LogP contribution is -2.19. The molecule has 0 spiro atoms. The quantitative estimate of drug-likeness (QED) is 0.840. The SMILES string of the molecule is Cc1cccc(C)c1CC(CO)C1CCCC1. The summed E-state index contributed by atoms with van der Waals surface area (Å²) in [5.41, 5.74) is 4.21. The molecule has 1 fully saturated rings. The van der Waals surface area contributed by atoms with Gasteiger partial charge in [0.05, 0.1) is 0 Å². The van der Waals surface area contributed by atoms with Gasteiger partial charge in [-0.05, 0) is 48.8 Å². The number of aryl methyl sites for hydroxylation is 2. The highest BCUT2D eigenvalue weighted by Crippen LogP contribution is 2.34. The van der Waals surface area contributed by atoms with Crippen LogP contribution in [0.2, 0.25) is 0 Å². The van der Waals surface area contributed by atoms with E-state index in [1.165, 1.54) is 42.4 Å². The molecule has 0 heterocycles. The Kier molecular flexibility index (Phi) is 4.22. The number of benzene rings is 1. The van der Waals surface area contributed by atoms with Crippen LogP contribution in [0.4, 0.5) is 0 Å². The fourth-order valence-corrected chi connectivity index (χ4v) is 3.24. The molecule has 1 saturated carbocycles. The van der Waals surface area contributed by atoms with Gasteiger partial charge in [-0.15, -0.1) is 0 Å². The summed E-state index contributed by atoms with van der Waals surface area (Å²) in [6, 6.07) is 6.49. The molecule has 1 unspecified atom stereocenters. The first-order chi connectivity index (χ1) is 8.22. The Morgan fingerprint density at radius 3 is 2.29 bits per heavy atom. The second-order valence-corrected chi connectivity index (χ2v) is 5.56. The zero-order chi connectivity index (χ0) is 12.3. The third kappa shape index (κ3) is 2.90. The summed E-state index contributed by atoms with van der Waals surface area (Å²) in [5, 5.41) is 9.63. The molecule has 1 aliphatic rings. The number of hydrogen-bond donors (Lipinski definition) is 1. The maximum Gasteiger partial charge on any atom is 0.0465 e. The summed E-state index contributed by atoms with van der Waals surface area (Å²) < 4.78 is 0. The van der Waals surface area contributed by atoms with E-state index < -0.39 is 0 Å². The van der Waals surface area contributed by atoms with Crippen LogP contribution in [0, 0.1) is 25.7 Å². The summed E-state index contributed by atoms with van der Waals surface area (Å²) in [6.45, 7) is 4.72. The van der Waals surface area contributed by atoms with Crippen LogP contribution in [-0.4, -0.2) is 11.7 Å². The average molecular weight is 232 g/mol. The van der Waals surface area contributed by atoms with Crippen LogP contribution in [0.15, 0.2) is 18.2 Å². The summed E-state index contributed by atoms with van der Waals surface area (Å²) in [7, 11) is 0. The standard InChI is InChI=1S/C16H24O/c1-12-6-5-7-13(2)16(12)10-15(11-17)14-8-3-4-9-14/h5-7,14-15,17H,3-4,8-11H2,1-2H3. The fourth-order valence-electron chi connectivity index (χ4n) is 3.24. The number of aliphatic hydroxyl groups excluding tert-OH is 1. The predicted octanol–water partition coefficient (Wildman–Crippen LogP) is 3.64. The third-order valence-corrected chi connectivity index (χ3v) is 4.41. The average Bonchev–Trinajstić information content (AvgIpc) is 2.82. The third-order valence-electron chi connectivity index (χ3n) is 4.41. The molecule has 0 aromatic heterocycles. The molecular weight excluding hydrogens is 208 g/mol. The van der Waals surface area contributed by atoms with Gasteiger partial charge in [-0.3, -0.25) is 0 Å². The van der Waals surface area contributed by atoms with Crippen molar-refractivity contribution in [3.05, 3.63) is 34.9 Å². The minimum Gasteiger partial charge on any atom is -0.396 e. The molecule has 1 aromatic carbocycles. The van der Waals surface area contributed by atoms with E-state index in [4.69, 9.17) is 0 Å². The van der Waals surface area contributed by atoms with Gasteiger partial charge in [-0.1, -0.05) is 43.9 Å². The monoisotopic (exact) mass is 232 g/mol. The van der Waals surface area contributed by atoms with Gasteiger partial charge >= 0.3 is 0 Å². The first kappa shape index (κ1) is 12.6. The topological polar surface area (TPSA) is 20.2 Å². The molecule has 0 saturated heterocycles. The lowest BCUT2D eigenvalue weighted by atomic mass is 9.84. The molecule has 2 rings (SSSR count). The zero-order valence-electron chi connectivity index (χ0n) is 11.1. The van der Waals surface area contributed by atoms with Gasteiger partial charge in [0.15, 0.2) is 0 Å². The van der Waals surface area contributed by atoms with Gasteiger partial charge in [-0.2, -0.15) is 0 Å². The molecule has 17 heavy (non-hydrogen) atoms. The van der Waals surface area contributed by atoms with Gasteiger partial charge < -0.3 is 5.11 Å². The van der Waals surface area contributed by atoms with E-state index in [9.17, 15) is 5.11 Å². The summed E-state index contributed by atoms with van der Waals surface area (Å²) in [4.78, 5) is 0. The highest BCUT2D eigenvalue weighted by Gasteiger charge is 2.25. The summed E-state index contributed by atoms with van der Waals surface area (Å²) in [5.74, 6) is 1.22.